The lowest BCUT2D eigenvalue weighted by molar-refractivity contribution is 0.0749. The molecule has 0 saturated carbocycles. The molecule has 0 saturated heterocycles. The Morgan fingerprint density at radius 3 is 2.91 bits per heavy atom. The maximum Gasteiger partial charge on any atom is 0.273 e. The van der Waals surface area contributed by atoms with E-state index in [0.717, 1.165) is 24.1 Å². The fourth-order valence-electron chi connectivity index (χ4n) is 2.22. The first-order valence-electron chi connectivity index (χ1n) is 7.28. The molecule has 2 heterocycles. The normalized spacial score (nSPS) is 17.0. The van der Waals surface area contributed by atoms with Gasteiger partial charge in [0.15, 0.2) is 11.5 Å². The van der Waals surface area contributed by atoms with Gasteiger partial charge in [0.05, 0.1) is 12.3 Å². The van der Waals surface area contributed by atoms with Crippen LogP contribution >= 0.6 is 0 Å². The summed E-state index contributed by atoms with van der Waals surface area (Å²) < 4.78 is 5.21. The third-order valence-electron chi connectivity index (χ3n) is 3.49. The van der Waals surface area contributed by atoms with E-state index in [1.165, 1.54) is 0 Å². The first-order valence-corrected chi connectivity index (χ1v) is 7.28. The van der Waals surface area contributed by atoms with Crippen LogP contribution in [-0.2, 0) is 4.84 Å². The molecule has 114 valence electrons. The van der Waals surface area contributed by atoms with E-state index in [-0.39, 0.29) is 17.7 Å². The number of amides is 1. The standard InChI is InChI=1S/C16H17N3O3/c1-2-12-8-13(21-18-12)10-17-16(20)14-9-15(22-19-14)11-6-4-3-5-7-11/h3-7,9,13H,2,8,10H2,1H3,(H,17,20). The fraction of sp³-hybridized carbons (Fsp3) is 0.312. The van der Waals surface area contributed by atoms with Crippen molar-refractivity contribution in [2.45, 2.75) is 25.9 Å². The van der Waals surface area contributed by atoms with Crippen molar-refractivity contribution in [3.63, 3.8) is 0 Å². The summed E-state index contributed by atoms with van der Waals surface area (Å²) in [6.07, 6.45) is 1.53. The second kappa shape index (κ2) is 6.43. The highest BCUT2D eigenvalue weighted by Crippen LogP contribution is 2.19. The first kappa shape index (κ1) is 14.3. The van der Waals surface area contributed by atoms with Gasteiger partial charge in [-0.15, -0.1) is 0 Å². The SMILES string of the molecule is CCC1=NOC(CNC(=O)c2cc(-c3ccccc3)on2)C1. The van der Waals surface area contributed by atoms with Crippen LogP contribution in [0, 0.1) is 0 Å². The molecule has 1 unspecified atom stereocenters. The van der Waals surface area contributed by atoms with Gasteiger partial charge in [-0.1, -0.05) is 47.6 Å². The Hall–Kier alpha value is -2.63. The number of oxime groups is 1. The predicted octanol–water partition coefficient (Wildman–Crippen LogP) is 2.63. The average molecular weight is 299 g/mol. The molecule has 6 heteroatoms. The number of nitrogens with one attached hydrogen (secondary N) is 1. The Kier molecular flexibility index (Phi) is 4.18. The van der Waals surface area contributed by atoms with Gasteiger partial charge in [-0.2, -0.15) is 0 Å². The zero-order valence-corrected chi connectivity index (χ0v) is 12.3. The second-order valence-electron chi connectivity index (χ2n) is 5.10. The number of hydrogen-bond donors (Lipinski definition) is 1. The molecule has 1 aromatic heterocycles. The Labute approximate surface area is 128 Å². The van der Waals surface area contributed by atoms with E-state index in [0.29, 0.717) is 12.3 Å². The van der Waals surface area contributed by atoms with Crippen molar-refractivity contribution in [2.75, 3.05) is 6.54 Å². The molecule has 2 aromatic rings. The largest absolute Gasteiger partial charge is 0.390 e. The monoisotopic (exact) mass is 299 g/mol. The van der Waals surface area contributed by atoms with Crippen LogP contribution in [0.1, 0.15) is 30.3 Å². The summed E-state index contributed by atoms with van der Waals surface area (Å²) in [5.74, 6) is 0.291. The number of aromatic nitrogens is 1. The molecule has 0 radical (unpaired) electrons. The van der Waals surface area contributed by atoms with Crippen molar-refractivity contribution >= 4 is 11.6 Å². The van der Waals surface area contributed by atoms with Gasteiger partial charge in [-0.3, -0.25) is 4.79 Å². The number of carbonyl (C=O) groups excluding carboxylic acids is 1. The molecule has 1 amide bonds. The molecule has 1 atom stereocenters. The van der Waals surface area contributed by atoms with Crippen LogP contribution in [-0.4, -0.2) is 29.4 Å². The van der Waals surface area contributed by atoms with E-state index in [2.05, 4.69) is 15.6 Å². The highest BCUT2D eigenvalue weighted by atomic mass is 16.6. The van der Waals surface area contributed by atoms with Crippen LogP contribution in [0.15, 0.2) is 46.1 Å². The van der Waals surface area contributed by atoms with Gasteiger partial charge in [0.25, 0.3) is 5.91 Å². The Morgan fingerprint density at radius 2 is 2.18 bits per heavy atom. The number of benzene rings is 1. The lowest BCUT2D eigenvalue weighted by Gasteiger charge is -2.08. The summed E-state index contributed by atoms with van der Waals surface area (Å²) in [6.45, 7) is 2.43. The molecule has 0 spiro atoms. The summed E-state index contributed by atoms with van der Waals surface area (Å²) in [5.41, 5.74) is 2.16. The second-order valence-corrected chi connectivity index (χ2v) is 5.10. The minimum Gasteiger partial charge on any atom is -0.390 e. The molecule has 1 aliphatic rings. The number of nitrogens with zero attached hydrogens (tertiary/aromatic N) is 2. The molecule has 1 N–H and O–H groups in total. The quantitative estimate of drug-likeness (QED) is 0.920. The summed E-state index contributed by atoms with van der Waals surface area (Å²) in [7, 11) is 0. The predicted molar refractivity (Wildman–Crippen MR) is 81.5 cm³/mol. The molecule has 22 heavy (non-hydrogen) atoms. The van der Waals surface area contributed by atoms with Crippen molar-refractivity contribution in [3.05, 3.63) is 42.1 Å². The van der Waals surface area contributed by atoms with Gasteiger partial charge in [-0.25, -0.2) is 0 Å². The van der Waals surface area contributed by atoms with Gasteiger partial charge in [0.2, 0.25) is 0 Å². The van der Waals surface area contributed by atoms with Crippen molar-refractivity contribution in [2.24, 2.45) is 5.16 Å². The molecule has 1 aliphatic heterocycles. The van der Waals surface area contributed by atoms with E-state index in [1.54, 1.807) is 6.07 Å². The van der Waals surface area contributed by atoms with Crippen LogP contribution in [0.2, 0.25) is 0 Å². The smallest absolute Gasteiger partial charge is 0.273 e. The van der Waals surface area contributed by atoms with E-state index in [4.69, 9.17) is 9.36 Å². The third kappa shape index (κ3) is 3.16. The van der Waals surface area contributed by atoms with E-state index < -0.39 is 0 Å². The third-order valence-corrected chi connectivity index (χ3v) is 3.49. The van der Waals surface area contributed by atoms with Crippen molar-refractivity contribution < 1.29 is 14.2 Å². The van der Waals surface area contributed by atoms with Crippen molar-refractivity contribution in [1.82, 2.24) is 10.5 Å². The molecule has 1 aromatic carbocycles. The summed E-state index contributed by atoms with van der Waals surface area (Å²) in [4.78, 5) is 17.3. The van der Waals surface area contributed by atoms with Gasteiger partial charge in [0, 0.05) is 18.1 Å². The molecular weight excluding hydrogens is 282 g/mol. The highest BCUT2D eigenvalue weighted by Gasteiger charge is 2.21. The van der Waals surface area contributed by atoms with Crippen LogP contribution in [0.3, 0.4) is 0 Å². The summed E-state index contributed by atoms with van der Waals surface area (Å²) >= 11 is 0. The first-order chi connectivity index (χ1) is 10.8. The maximum atomic E-state index is 12.1. The molecule has 6 nitrogen and oxygen atoms in total. The molecule has 0 bridgehead atoms. The molecule has 0 fully saturated rings. The number of hydrogen-bond acceptors (Lipinski definition) is 5. The van der Waals surface area contributed by atoms with E-state index in [1.807, 2.05) is 37.3 Å². The van der Waals surface area contributed by atoms with E-state index in [9.17, 15) is 4.79 Å². The minimum atomic E-state index is -0.278. The van der Waals surface area contributed by atoms with Crippen molar-refractivity contribution in [3.8, 4) is 11.3 Å². The lowest BCUT2D eigenvalue weighted by atomic mass is 10.1. The molecular formula is C16H17N3O3. The van der Waals surface area contributed by atoms with Crippen molar-refractivity contribution in [1.29, 1.82) is 0 Å². The van der Waals surface area contributed by atoms with Gasteiger partial charge in [0.1, 0.15) is 6.10 Å². The fourth-order valence-corrected chi connectivity index (χ4v) is 2.22. The zero-order valence-electron chi connectivity index (χ0n) is 12.3. The number of rotatable bonds is 5. The zero-order chi connectivity index (χ0) is 15.4. The van der Waals surface area contributed by atoms with Gasteiger partial charge >= 0.3 is 0 Å². The molecule has 0 aliphatic carbocycles. The topological polar surface area (TPSA) is 76.7 Å². The minimum absolute atomic E-state index is 0.0978. The average Bonchev–Trinajstić information content (AvgIpc) is 3.22. The Bertz CT molecular complexity index is 679. The maximum absolute atomic E-state index is 12.1. The highest BCUT2D eigenvalue weighted by molar-refractivity contribution is 5.93. The Balaban J connectivity index is 1.56. The summed E-state index contributed by atoms with van der Waals surface area (Å²) in [6, 6.07) is 11.2. The van der Waals surface area contributed by atoms with Crippen LogP contribution in [0.5, 0.6) is 0 Å². The lowest BCUT2D eigenvalue weighted by Crippen LogP contribution is -2.32. The summed E-state index contributed by atoms with van der Waals surface area (Å²) in [5, 5.41) is 10.6. The van der Waals surface area contributed by atoms with Crippen LogP contribution in [0.25, 0.3) is 11.3 Å². The van der Waals surface area contributed by atoms with Gasteiger partial charge < -0.3 is 14.7 Å². The molecule has 3 rings (SSSR count). The number of carbonyl (C=O) groups is 1. The van der Waals surface area contributed by atoms with Crippen LogP contribution < -0.4 is 5.32 Å². The van der Waals surface area contributed by atoms with Crippen LogP contribution in [0.4, 0.5) is 0 Å². The van der Waals surface area contributed by atoms with Gasteiger partial charge in [-0.05, 0) is 6.42 Å². The Morgan fingerprint density at radius 1 is 1.36 bits per heavy atom. The van der Waals surface area contributed by atoms with E-state index >= 15 is 0 Å².